The maximum absolute atomic E-state index is 10.9. The minimum absolute atomic E-state index is 0.00287. The van der Waals surface area contributed by atoms with Crippen molar-refractivity contribution in [2.24, 2.45) is 5.73 Å². The van der Waals surface area contributed by atoms with Gasteiger partial charge in [0, 0.05) is 30.1 Å². The molecule has 0 saturated carbocycles. The lowest BCUT2D eigenvalue weighted by atomic mass is 10.2. The Morgan fingerprint density at radius 1 is 1.47 bits per heavy atom. The van der Waals surface area contributed by atoms with Crippen LogP contribution in [0.4, 0.5) is 17.1 Å². The molecular formula is C10H14N4O3. The molecule has 0 spiro atoms. The molecule has 0 unspecified atom stereocenters. The van der Waals surface area contributed by atoms with E-state index in [9.17, 15) is 14.9 Å². The summed E-state index contributed by atoms with van der Waals surface area (Å²) in [6.45, 7) is 2.32. The topological polar surface area (TPSA) is 115 Å². The van der Waals surface area contributed by atoms with E-state index >= 15 is 0 Å². The third-order valence-corrected chi connectivity index (χ3v) is 2.23. The fourth-order valence-corrected chi connectivity index (χ4v) is 1.48. The number of carbonyl (C=O) groups excluding carboxylic acids is 1. The first-order valence-corrected chi connectivity index (χ1v) is 5.02. The number of nitro groups is 1. The number of amides is 1. The number of primary amides is 1. The van der Waals surface area contributed by atoms with Gasteiger partial charge in [0.25, 0.3) is 5.69 Å². The summed E-state index contributed by atoms with van der Waals surface area (Å²) in [5.74, 6) is -0.503. The first kappa shape index (κ1) is 12.8. The number of likely N-dealkylation sites (N-methyl/N-ethyl adjacent to an activating group) is 1. The lowest BCUT2D eigenvalue weighted by molar-refractivity contribution is -0.384. The van der Waals surface area contributed by atoms with Crippen LogP contribution in [0.5, 0.6) is 0 Å². The molecule has 0 aliphatic carbocycles. The zero-order valence-electron chi connectivity index (χ0n) is 9.42. The molecule has 0 aliphatic rings. The van der Waals surface area contributed by atoms with Gasteiger partial charge in [-0.15, -0.1) is 0 Å². The molecule has 4 N–H and O–H groups in total. The van der Waals surface area contributed by atoms with Gasteiger partial charge >= 0.3 is 0 Å². The van der Waals surface area contributed by atoms with Crippen LogP contribution in [-0.2, 0) is 4.79 Å². The maximum atomic E-state index is 10.9. The van der Waals surface area contributed by atoms with Crippen LogP contribution in [0.1, 0.15) is 6.92 Å². The monoisotopic (exact) mass is 238 g/mol. The van der Waals surface area contributed by atoms with Crippen molar-refractivity contribution in [2.45, 2.75) is 6.92 Å². The van der Waals surface area contributed by atoms with E-state index in [1.54, 1.807) is 11.0 Å². The summed E-state index contributed by atoms with van der Waals surface area (Å²) in [7, 11) is 0. The van der Waals surface area contributed by atoms with Crippen molar-refractivity contribution < 1.29 is 9.72 Å². The van der Waals surface area contributed by atoms with Crippen molar-refractivity contribution in [1.82, 2.24) is 0 Å². The number of carbonyl (C=O) groups is 1. The number of nitrogen functional groups attached to an aromatic ring is 1. The predicted octanol–water partition coefficient (Wildman–Crippen LogP) is 0.489. The summed E-state index contributed by atoms with van der Waals surface area (Å²) in [6, 6.07) is 4.20. The van der Waals surface area contributed by atoms with Gasteiger partial charge in [-0.25, -0.2) is 0 Å². The van der Waals surface area contributed by atoms with Gasteiger partial charge < -0.3 is 16.4 Å². The molecule has 7 heteroatoms. The molecular weight excluding hydrogens is 224 g/mol. The third-order valence-electron chi connectivity index (χ3n) is 2.23. The second-order valence-electron chi connectivity index (χ2n) is 3.52. The molecule has 1 rings (SSSR count). The Hall–Kier alpha value is -2.31. The molecule has 0 heterocycles. The number of anilines is 2. The Bertz CT molecular complexity index is 447. The number of hydrogen-bond acceptors (Lipinski definition) is 5. The molecule has 7 nitrogen and oxygen atoms in total. The molecule has 0 atom stereocenters. The van der Waals surface area contributed by atoms with Crippen LogP contribution in [0.3, 0.4) is 0 Å². The van der Waals surface area contributed by atoms with Crippen LogP contribution in [0.2, 0.25) is 0 Å². The fourth-order valence-electron chi connectivity index (χ4n) is 1.48. The van der Waals surface area contributed by atoms with E-state index in [1.165, 1.54) is 12.1 Å². The third kappa shape index (κ3) is 3.33. The number of nitrogens with two attached hydrogens (primary N) is 2. The summed E-state index contributed by atoms with van der Waals surface area (Å²) < 4.78 is 0. The van der Waals surface area contributed by atoms with Crippen molar-refractivity contribution in [1.29, 1.82) is 0 Å². The SMILES string of the molecule is CCN(CC(N)=O)c1cc(N)cc([N+](=O)[O-])c1. The highest BCUT2D eigenvalue weighted by Gasteiger charge is 2.13. The standard InChI is InChI=1S/C10H14N4O3/c1-2-13(6-10(12)15)8-3-7(11)4-9(5-8)14(16)17/h3-5H,2,6,11H2,1H3,(H2,12,15). The zero-order valence-corrected chi connectivity index (χ0v) is 9.42. The first-order valence-electron chi connectivity index (χ1n) is 5.02. The Morgan fingerprint density at radius 2 is 2.12 bits per heavy atom. The zero-order chi connectivity index (χ0) is 13.0. The highest BCUT2D eigenvalue weighted by molar-refractivity contribution is 5.80. The van der Waals surface area contributed by atoms with Gasteiger partial charge in [0.05, 0.1) is 11.5 Å². The van der Waals surface area contributed by atoms with Gasteiger partial charge in [-0.05, 0) is 13.0 Å². The van der Waals surface area contributed by atoms with Gasteiger partial charge in [-0.3, -0.25) is 14.9 Å². The second-order valence-corrected chi connectivity index (χ2v) is 3.52. The van der Waals surface area contributed by atoms with Crippen LogP contribution >= 0.6 is 0 Å². The summed E-state index contributed by atoms with van der Waals surface area (Å²) in [5, 5.41) is 10.7. The molecule has 0 radical (unpaired) electrons. The van der Waals surface area contributed by atoms with E-state index in [4.69, 9.17) is 11.5 Å². The van der Waals surface area contributed by atoms with E-state index in [-0.39, 0.29) is 17.9 Å². The Labute approximate surface area is 98.1 Å². The highest BCUT2D eigenvalue weighted by Crippen LogP contribution is 2.25. The first-order chi connectivity index (χ1) is 7.93. The summed E-state index contributed by atoms with van der Waals surface area (Å²) in [6.07, 6.45) is 0. The molecule has 0 fully saturated rings. The van der Waals surface area contributed by atoms with Crippen molar-refractivity contribution >= 4 is 23.0 Å². The molecule has 17 heavy (non-hydrogen) atoms. The van der Waals surface area contributed by atoms with Gasteiger partial charge in [0.15, 0.2) is 0 Å². The molecule has 92 valence electrons. The van der Waals surface area contributed by atoms with Crippen molar-refractivity contribution in [3.05, 3.63) is 28.3 Å². The minimum Gasteiger partial charge on any atom is -0.398 e. The smallest absolute Gasteiger partial charge is 0.273 e. The maximum Gasteiger partial charge on any atom is 0.273 e. The van der Waals surface area contributed by atoms with Gasteiger partial charge in [0.1, 0.15) is 0 Å². The predicted molar refractivity (Wildman–Crippen MR) is 64.6 cm³/mol. The van der Waals surface area contributed by atoms with Crippen LogP contribution in [0.15, 0.2) is 18.2 Å². The van der Waals surface area contributed by atoms with Gasteiger partial charge in [-0.1, -0.05) is 0 Å². The molecule has 1 aromatic carbocycles. The van der Waals surface area contributed by atoms with E-state index < -0.39 is 10.8 Å². The van der Waals surface area contributed by atoms with Gasteiger partial charge in [-0.2, -0.15) is 0 Å². The number of non-ortho nitro benzene ring substituents is 1. The molecule has 0 aromatic heterocycles. The number of nitro benzene ring substituents is 1. The normalized spacial score (nSPS) is 9.94. The van der Waals surface area contributed by atoms with Crippen LogP contribution in [0.25, 0.3) is 0 Å². The summed E-state index contributed by atoms with van der Waals surface area (Å²) in [5.41, 5.74) is 11.3. The summed E-state index contributed by atoms with van der Waals surface area (Å²) in [4.78, 5) is 22.6. The number of rotatable bonds is 5. The second kappa shape index (κ2) is 5.15. The lowest BCUT2D eigenvalue weighted by Gasteiger charge is -2.21. The highest BCUT2D eigenvalue weighted by atomic mass is 16.6. The molecule has 0 bridgehead atoms. The lowest BCUT2D eigenvalue weighted by Crippen LogP contribution is -2.33. The van der Waals surface area contributed by atoms with Crippen molar-refractivity contribution in [3.8, 4) is 0 Å². The molecule has 0 aliphatic heterocycles. The minimum atomic E-state index is -0.530. The average molecular weight is 238 g/mol. The molecule has 0 saturated heterocycles. The molecule has 1 aromatic rings. The van der Waals surface area contributed by atoms with Crippen LogP contribution in [0, 0.1) is 10.1 Å². The Morgan fingerprint density at radius 3 is 2.59 bits per heavy atom. The van der Waals surface area contributed by atoms with Crippen molar-refractivity contribution in [2.75, 3.05) is 23.7 Å². The summed E-state index contributed by atoms with van der Waals surface area (Å²) >= 11 is 0. The number of hydrogen-bond donors (Lipinski definition) is 2. The molecule has 1 amide bonds. The van der Waals surface area contributed by atoms with E-state index in [2.05, 4.69) is 0 Å². The van der Waals surface area contributed by atoms with Crippen molar-refractivity contribution in [3.63, 3.8) is 0 Å². The van der Waals surface area contributed by atoms with E-state index in [1.807, 2.05) is 6.92 Å². The number of nitrogens with zero attached hydrogens (tertiary/aromatic N) is 2. The quantitative estimate of drug-likeness (QED) is 0.440. The fraction of sp³-hybridized carbons (Fsp3) is 0.300. The average Bonchev–Trinajstić information content (AvgIpc) is 2.24. The Balaban J connectivity index is 3.10. The van der Waals surface area contributed by atoms with E-state index in [0.717, 1.165) is 0 Å². The van der Waals surface area contributed by atoms with Crippen LogP contribution < -0.4 is 16.4 Å². The largest absolute Gasteiger partial charge is 0.398 e. The number of benzene rings is 1. The Kier molecular flexibility index (Phi) is 3.86. The van der Waals surface area contributed by atoms with E-state index in [0.29, 0.717) is 12.2 Å². The van der Waals surface area contributed by atoms with Crippen LogP contribution in [-0.4, -0.2) is 23.9 Å². The van der Waals surface area contributed by atoms with Gasteiger partial charge in [0.2, 0.25) is 5.91 Å².